The first kappa shape index (κ1) is 12.7. The number of hydrogen-bond donors (Lipinski definition) is 2. The van der Waals surface area contributed by atoms with Crippen molar-refractivity contribution in [1.82, 2.24) is 5.32 Å². The molecule has 2 rings (SSSR count). The van der Waals surface area contributed by atoms with Gasteiger partial charge >= 0.3 is 0 Å². The number of hydrogen-bond acceptors (Lipinski definition) is 3. The van der Waals surface area contributed by atoms with Crippen LogP contribution >= 0.6 is 0 Å². The molecule has 0 saturated heterocycles. The summed E-state index contributed by atoms with van der Waals surface area (Å²) in [6.45, 7) is 5.16. The van der Waals surface area contributed by atoms with Crippen molar-refractivity contribution in [2.24, 2.45) is 11.8 Å². The van der Waals surface area contributed by atoms with Gasteiger partial charge in [-0.25, -0.2) is 0 Å². The van der Waals surface area contributed by atoms with Gasteiger partial charge in [0, 0.05) is 12.6 Å². The van der Waals surface area contributed by atoms with Crippen LogP contribution in [0.25, 0.3) is 0 Å². The van der Waals surface area contributed by atoms with E-state index in [2.05, 4.69) is 19.2 Å². The summed E-state index contributed by atoms with van der Waals surface area (Å²) >= 11 is 0. The molecule has 2 N–H and O–H groups in total. The Kier molecular flexibility index (Phi) is 4.24. The van der Waals surface area contributed by atoms with E-state index >= 15 is 0 Å². The summed E-state index contributed by atoms with van der Waals surface area (Å²) < 4.78 is 5.19. The van der Waals surface area contributed by atoms with Crippen LogP contribution in [-0.2, 0) is 0 Å². The highest BCUT2D eigenvalue weighted by atomic mass is 16.4. The molecule has 1 heterocycles. The maximum atomic E-state index is 9.92. The van der Waals surface area contributed by atoms with E-state index in [-0.39, 0.29) is 0 Å². The lowest BCUT2D eigenvalue weighted by molar-refractivity contribution is 0.140. The highest BCUT2D eigenvalue weighted by Crippen LogP contribution is 2.34. The van der Waals surface area contributed by atoms with Crippen LogP contribution in [0.1, 0.15) is 45.0 Å². The molecule has 0 spiro atoms. The van der Waals surface area contributed by atoms with E-state index in [1.807, 2.05) is 12.1 Å². The Labute approximate surface area is 103 Å². The van der Waals surface area contributed by atoms with Crippen molar-refractivity contribution in [1.29, 1.82) is 0 Å². The highest BCUT2D eigenvalue weighted by Gasteiger charge is 2.31. The van der Waals surface area contributed by atoms with Gasteiger partial charge in [-0.15, -0.1) is 0 Å². The fourth-order valence-electron chi connectivity index (χ4n) is 2.96. The van der Waals surface area contributed by atoms with Gasteiger partial charge < -0.3 is 14.8 Å². The van der Waals surface area contributed by atoms with E-state index in [9.17, 15) is 5.11 Å². The van der Waals surface area contributed by atoms with Gasteiger partial charge in [0.25, 0.3) is 0 Å². The average molecular weight is 237 g/mol. The van der Waals surface area contributed by atoms with Crippen LogP contribution in [0.5, 0.6) is 0 Å². The van der Waals surface area contributed by atoms with E-state index in [4.69, 9.17) is 4.42 Å². The van der Waals surface area contributed by atoms with Crippen molar-refractivity contribution in [3.8, 4) is 0 Å². The summed E-state index contributed by atoms with van der Waals surface area (Å²) in [6, 6.07) is 4.17. The largest absolute Gasteiger partial charge is 0.467 e. The molecule has 1 fully saturated rings. The lowest BCUT2D eigenvalue weighted by Crippen LogP contribution is -2.35. The Balaban J connectivity index is 1.79. The Morgan fingerprint density at radius 2 is 2.35 bits per heavy atom. The van der Waals surface area contributed by atoms with E-state index in [1.54, 1.807) is 6.26 Å². The average Bonchev–Trinajstić information content (AvgIpc) is 2.96. The molecule has 1 aromatic heterocycles. The second-order valence-electron chi connectivity index (χ2n) is 5.15. The molecule has 1 saturated carbocycles. The van der Waals surface area contributed by atoms with Crippen LogP contribution in [0.4, 0.5) is 0 Å². The first-order valence-electron chi connectivity index (χ1n) is 6.67. The Morgan fingerprint density at radius 1 is 1.53 bits per heavy atom. The first-order valence-corrected chi connectivity index (χ1v) is 6.67. The van der Waals surface area contributed by atoms with Crippen LogP contribution in [-0.4, -0.2) is 17.7 Å². The summed E-state index contributed by atoms with van der Waals surface area (Å²) in [6.07, 6.45) is 4.87. The Hall–Kier alpha value is -0.800. The second kappa shape index (κ2) is 5.69. The molecule has 0 bridgehead atoms. The molecule has 0 aromatic carbocycles. The van der Waals surface area contributed by atoms with Gasteiger partial charge in [-0.05, 0) is 36.8 Å². The van der Waals surface area contributed by atoms with Crippen molar-refractivity contribution in [2.45, 2.75) is 45.3 Å². The normalized spacial score (nSPS) is 30.6. The molecule has 1 aliphatic rings. The number of aliphatic hydroxyl groups excluding tert-OH is 1. The van der Waals surface area contributed by atoms with E-state index in [0.717, 1.165) is 5.92 Å². The van der Waals surface area contributed by atoms with E-state index < -0.39 is 6.10 Å². The van der Waals surface area contributed by atoms with Crippen LogP contribution in [0.15, 0.2) is 22.8 Å². The van der Waals surface area contributed by atoms with Crippen molar-refractivity contribution in [2.75, 3.05) is 6.54 Å². The summed E-state index contributed by atoms with van der Waals surface area (Å²) in [5, 5.41) is 13.4. The molecular weight excluding hydrogens is 214 g/mol. The monoisotopic (exact) mass is 237 g/mol. The quantitative estimate of drug-likeness (QED) is 0.827. The van der Waals surface area contributed by atoms with Gasteiger partial charge in [0.15, 0.2) is 0 Å². The maximum absolute atomic E-state index is 9.92. The SMILES string of the molecule is CCC1CCC(NCC(O)c2ccco2)C1C. The van der Waals surface area contributed by atoms with Crippen LogP contribution in [0, 0.1) is 11.8 Å². The van der Waals surface area contributed by atoms with Gasteiger partial charge in [0.05, 0.1) is 6.26 Å². The maximum Gasteiger partial charge on any atom is 0.133 e. The number of furan rings is 1. The third kappa shape index (κ3) is 2.90. The molecule has 0 aliphatic heterocycles. The zero-order valence-electron chi connectivity index (χ0n) is 10.7. The Bertz CT molecular complexity index is 323. The molecule has 3 heteroatoms. The number of nitrogens with one attached hydrogen (secondary N) is 1. The van der Waals surface area contributed by atoms with Crippen LogP contribution in [0.3, 0.4) is 0 Å². The minimum Gasteiger partial charge on any atom is -0.467 e. The highest BCUT2D eigenvalue weighted by molar-refractivity contribution is 5.02. The third-order valence-corrected chi connectivity index (χ3v) is 4.20. The fraction of sp³-hybridized carbons (Fsp3) is 0.714. The molecule has 4 atom stereocenters. The molecule has 96 valence electrons. The predicted octanol–water partition coefficient (Wildman–Crippen LogP) is 2.73. The van der Waals surface area contributed by atoms with E-state index in [0.29, 0.717) is 24.3 Å². The number of aliphatic hydroxyl groups is 1. The lowest BCUT2D eigenvalue weighted by Gasteiger charge is -2.22. The van der Waals surface area contributed by atoms with Gasteiger partial charge in [-0.1, -0.05) is 20.3 Å². The molecule has 0 amide bonds. The van der Waals surface area contributed by atoms with Gasteiger partial charge in [-0.2, -0.15) is 0 Å². The smallest absolute Gasteiger partial charge is 0.133 e. The van der Waals surface area contributed by atoms with Crippen molar-refractivity contribution >= 4 is 0 Å². The minimum atomic E-state index is -0.530. The van der Waals surface area contributed by atoms with Gasteiger partial charge in [0.1, 0.15) is 11.9 Å². The Morgan fingerprint density at radius 3 is 2.94 bits per heavy atom. The predicted molar refractivity (Wildman–Crippen MR) is 67.6 cm³/mol. The molecule has 17 heavy (non-hydrogen) atoms. The first-order chi connectivity index (χ1) is 8.22. The summed E-state index contributed by atoms with van der Waals surface area (Å²) in [4.78, 5) is 0. The van der Waals surface area contributed by atoms with Crippen LogP contribution in [0.2, 0.25) is 0 Å². The van der Waals surface area contributed by atoms with Gasteiger partial charge in [-0.3, -0.25) is 0 Å². The van der Waals surface area contributed by atoms with Crippen LogP contribution < -0.4 is 5.32 Å². The molecule has 4 unspecified atom stereocenters. The summed E-state index contributed by atoms with van der Waals surface area (Å²) in [7, 11) is 0. The molecule has 1 aliphatic carbocycles. The molecule has 0 radical (unpaired) electrons. The summed E-state index contributed by atoms with van der Waals surface area (Å²) in [5.74, 6) is 2.20. The summed E-state index contributed by atoms with van der Waals surface area (Å²) in [5.41, 5.74) is 0. The topological polar surface area (TPSA) is 45.4 Å². The van der Waals surface area contributed by atoms with Gasteiger partial charge in [0.2, 0.25) is 0 Å². The fourth-order valence-corrected chi connectivity index (χ4v) is 2.96. The number of rotatable bonds is 5. The zero-order valence-corrected chi connectivity index (χ0v) is 10.7. The second-order valence-corrected chi connectivity index (χ2v) is 5.15. The van der Waals surface area contributed by atoms with Crippen molar-refractivity contribution in [3.63, 3.8) is 0 Å². The lowest BCUT2D eigenvalue weighted by atomic mass is 9.93. The van der Waals surface area contributed by atoms with Crippen molar-refractivity contribution in [3.05, 3.63) is 24.2 Å². The molecule has 1 aromatic rings. The third-order valence-electron chi connectivity index (χ3n) is 4.20. The molecular formula is C14H23NO2. The minimum absolute atomic E-state index is 0.530. The van der Waals surface area contributed by atoms with Crippen molar-refractivity contribution < 1.29 is 9.52 Å². The standard InChI is InChI=1S/C14H23NO2/c1-3-11-6-7-12(10(11)2)15-9-13(16)14-5-4-8-17-14/h4-5,8,10-13,15-16H,3,6-7,9H2,1-2H3. The zero-order chi connectivity index (χ0) is 12.3. The van der Waals surface area contributed by atoms with E-state index in [1.165, 1.54) is 19.3 Å². The molecule has 3 nitrogen and oxygen atoms in total.